The summed E-state index contributed by atoms with van der Waals surface area (Å²) < 4.78 is 4.03. The number of carbonyl (C=O) groups excluding carboxylic acids is 1. The third kappa shape index (κ3) is 3.54. The van der Waals surface area contributed by atoms with Gasteiger partial charge in [-0.3, -0.25) is 14.5 Å². The molecule has 0 unspecified atom stereocenters. The molecule has 3 heterocycles. The van der Waals surface area contributed by atoms with Gasteiger partial charge in [0.1, 0.15) is 0 Å². The number of carbonyl (C=O) groups is 1. The number of amides is 1. The van der Waals surface area contributed by atoms with Crippen molar-refractivity contribution < 1.29 is 4.79 Å². The number of pyridine rings is 1. The molecule has 6 nitrogen and oxygen atoms in total. The van der Waals surface area contributed by atoms with Crippen molar-refractivity contribution in [1.82, 2.24) is 19.3 Å². The summed E-state index contributed by atoms with van der Waals surface area (Å²) in [5.74, 6) is 1.22. The van der Waals surface area contributed by atoms with E-state index < -0.39 is 0 Å². The van der Waals surface area contributed by atoms with Gasteiger partial charge in [0.2, 0.25) is 0 Å². The molecule has 0 saturated heterocycles. The highest BCUT2D eigenvalue weighted by atomic mass is 16.1. The number of hydrogen-bond donors (Lipinski definition) is 1. The number of nitrogens with zero attached hydrogens (tertiary/aromatic N) is 4. The molecule has 3 aromatic rings. The molecule has 0 radical (unpaired) electrons. The van der Waals surface area contributed by atoms with E-state index in [1.54, 1.807) is 10.9 Å². The van der Waals surface area contributed by atoms with Crippen LogP contribution in [-0.4, -0.2) is 25.2 Å². The minimum atomic E-state index is -0.108. The van der Waals surface area contributed by atoms with E-state index in [2.05, 4.69) is 26.9 Å². The van der Waals surface area contributed by atoms with Gasteiger partial charge < -0.3 is 9.88 Å². The lowest BCUT2D eigenvalue weighted by atomic mass is 10.2. The quantitative estimate of drug-likeness (QED) is 0.742. The van der Waals surface area contributed by atoms with Crippen molar-refractivity contribution >= 4 is 11.7 Å². The van der Waals surface area contributed by atoms with Crippen molar-refractivity contribution in [2.24, 2.45) is 5.92 Å². The number of hydrogen-bond acceptors (Lipinski definition) is 3. The Bertz CT molecular complexity index is 921. The highest BCUT2D eigenvalue weighted by molar-refractivity contribution is 6.04. The predicted molar refractivity (Wildman–Crippen MR) is 100 cm³/mol. The highest BCUT2D eigenvalue weighted by Gasteiger charge is 2.24. The lowest BCUT2D eigenvalue weighted by molar-refractivity contribution is 0.102. The van der Waals surface area contributed by atoms with Crippen molar-refractivity contribution in [3.63, 3.8) is 0 Å². The smallest absolute Gasteiger partial charge is 0.258 e. The summed E-state index contributed by atoms with van der Waals surface area (Å²) in [6.45, 7) is 5.67. The number of aromatic nitrogens is 4. The topological polar surface area (TPSA) is 64.7 Å². The second-order valence-electron chi connectivity index (χ2n) is 7.01. The summed E-state index contributed by atoms with van der Waals surface area (Å²) in [5, 5.41) is 7.34. The van der Waals surface area contributed by atoms with Crippen molar-refractivity contribution in [3.05, 3.63) is 65.4 Å². The van der Waals surface area contributed by atoms with E-state index in [9.17, 15) is 4.79 Å². The molecule has 0 aromatic carbocycles. The van der Waals surface area contributed by atoms with E-state index in [-0.39, 0.29) is 5.91 Å². The van der Waals surface area contributed by atoms with Crippen LogP contribution in [0.2, 0.25) is 0 Å². The first-order valence-corrected chi connectivity index (χ1v) is 9.01. The number of nitrogens with one attached hydrogen (secondary N) is 1. The van der Waals surface area contributed by atoms with Crippen LogP contribution in [0.5, 0.6) is 0 Å². The van der Waals surface area contributed by atoms with Crippen LogP contribution in [0.15, 0.2) is 42.7 Å². The Labute approximate surface area is 152 Å². The molecule has 1 aliphatic rings. The summed E-state index contributed by atoms with van der Waals surface area (Å²) in [6, 6.07) is 9.57. The molecule has 0 spiro atoms. The van der Waals surface area contributed by atoms with Crippen LogP contribution in [0.25, 0.3) is 0 Å². The molecule has 4 rings (SSSR count). The molecule has 134 valence electrons. The van der Waals surface area contributed by atoms with Gasteiger partial charge >= 0.3 is 0 Å². The summed E-state index contributed by atoms with van der Waals surface area (Å²) >= 11 is 0. The van der Waals surface area contributed by atoms with Crippen LogP contribution in [0.4, 0.5) is 5.82 Å². The Balaban J connectivity index is 1.45. The van der Waals surface area contributed by atoms with E-state index >= 15 is 0 Å². The standard InChI is InChI=1S/C20H23N5O/c1-14-11-18(15(2)25(14)12-16-6-7-16)20(26)22-19-8-10-24(23-19)13-17-5-3-4-9-21-17/h3-5,8-11,16H,6-7,12-13H2,1-2H3,(H,22,23,26). The van der Waals surface area contributed by atoms with E-state index in [0.717, 1.165) is 35.1 Å². The SMILES string of the molecule is Cc1cc(C(=O)Nc2ccn(Cc3ccccn3)n2)c(C)n1CC1CC1. The molecule has 0 atom stereocenters. The lowest BCUT2D eigenvalue weighted by Gasteiger charge is -2.08. The van der Waals surface area contributed by atoms with Gasteiger partial charge in [-0.15, -0.1) is 0 Å². The van der Waals surface area contributed by atoms with Gasteiger partial charge in [-0.05, 0) is 50.8 Å². The zero-order valence-electron chi connectivity index (χ0n) is 15.1. The Morgan fingerprint density at radius 2 is 2.12 bits per heavy atom. The molecule has 26 heavy (non-hydrogen) atoms. The maximum absolute atomic E-state index is 12.7. The average Bonchev–Trinajstić information content (AvgIpc) is 3.29. The fourth-order valence-electron chi connectivity index (χ4n) is 3.23. The highest BCUT2D eigenvalue weighted by Crippen LogP contribution is 2.32. The largest absolute Gasteiger partial charge is 0.348 e. The molecule has 1 fully saturated rings. The molecule has 0 bridgehead atoms. The van der Waals surface area contributed by atoms with E-state index in [4.69, 9.17) is 0 Å². The van der Waals surface area contributed by atoms with Gasteiger partial charge in [-0.2, -0.15) is 5.10 Å². The van der Waals surface area contributed by atoms with Gasteiger partial charge in [0.05, 0.1) is 17.8 Å². The average molecular weight is 349 g/mol. The van der Waals surface area contributed by atoms with Crippen LogP contribution in [0.3, 0.4) is 0 Å². The van der Waals surface area contributed by atoms with Gasteiger partial charge in [-0.1, -0.05) is 6.07 Å². The summed E-state index contributed by atoms with van der Waals surface area (Å²) in [6.07, 6.45) is 6.21. The molecule has 1 aliphatic carbocycles. The minimum Gasteiger partial charge on any atom is -0.348 e. The molecular weight excluding hydrogens is 326 g/mol. The van der Waals surface area contributed by atoms with Crippen molar-refractivity contribution in [3.8, 4) is 0 Å². The fraction of sp³-hybridized carbons (Fsp3) is 0.350. The van der Waals surface area contributed by atoms with E-state index in [1.807, 2.05) is 43.5 Å². The minimum absolute atomic E-state index is 0.108. The summed E-state index contributed by atoms with van der Waals surface area (Å²) in [4.78, 5) is 17.0. The Hall–Kier alpha value is -2.89. The van der Waals surface area contributed by atoms with Crippen LogP contribution < -0.4 is 5.32 Å². The maximum Gasteiger partial charge on any atom is 0.258 e. The van der Waals surface area contributed by atoms with Crippen molar-refractivity contribution in [1.29, 1.82) is 0 Å². The third-order valence-electron chi connectivity index (χ3n) is 4.89. The van der Waals surface area contributed by atoms with Gasteiger partial charge in [-0.25, -0.2) is 0 Å². The van der Waals surface area contributed by atoms with E-state index in [1.165, 1.54) is 12.8 Å². The third-order valence-corrected chi connectivity index (χ3v) is 4.89. The van der Waals surface area contributed by atoms with Gasteiger partial charge in [0.15, 0.2) is 5.82 Å². The zero-order chi connectivity index (χ0) is 18.1. The number of aryl methyl sites for hydroxylation is 1. The normalized spacial score (nSPS) is 13.8. The van der Waals surface area contributed by atoms with Crippen LogP contribution >= 0.6 is 0 Å². The summed E-state index contributed by atoms with van der Waals surface area (Å²) in [7, 11) is 0. The number of rotatable bonds is 6. The molecule has 1 saturated carbocycles. The molecule has 1 N–H and O–H groups in total. The monoisotopic (exact) mass is 349 g/mol. The first-order chi connectivity index (χ1) is 12.6. The van der Waals surface area contributed by atoms with Crippen LogP contribution in [-0.2, 0) is 13.1 Å². The predicted octanol–water partition coefficient (Wildman–Crippen LogP) is 3.41. The van der Waals surface area contributed by atoms with Crippen LogP contribution in [0.1, 0.15) is 40.3 Å². The van der Waals surface area contributed by atoms with Gasteiger partial charge in [0.25, 0.3) is 5.91 Å². The molecule has 6 heteroatoms. The van der Waals surface area contributed by atoms with Crippen LogP contribution in [0, 0.1) is 19.8 Å². The van der Waals surface area contributed by atoms with Crippen molar-refractivity contribution in [2.45, 2.75) is 39.8 Å². The Kier molecular flexibility index (Phi) is 4.32. The Morgan fingerprint density at radius 1 is 1.27 bits per heavy atom. The molecule has 3 aromatic heterocycles. The Morgan fingerprint density at radius 3 is 2.85 bits per heavy atom. The molecular formula is C20H23N5O. The molecule has 1 amide bonds. The second-order valence-corrected chi connectivity index (χ2v) is 7.01. The first-order valence-electron chi connectivity index (χ1n) is 9.01. The second kappa shape index (κ2) is 6.78. The lowest BCUT2D eigenvalue weighted by Crippen LogP contribution is -2.14. The number of anilines is 1. The van der Waals surface area contributed by atoms with Crippen molar-refractivity contribution in [2.75, 3.05) is 5.32 Å². The fourth-order valence-corrected chi connectivity index (χ4v) is 3.23. The molecule has 0 aliphatic heterocycles. The van der Waals surface area contributed by atoms with Gasteiger partial charge in [0, 0.05) is 36.4 Å². The first kappa shape index (κ1) is 16.6. The maximum atomic E-state index is 12.7. The summed E-state index contributed by atoms with van der Waals surface area (Å²) in [5.41, 5.74) is 3.82. The zero-order valence-corrected chi connectivity index (χ0v) is 15.1. The van der Waals surface area contributed by atoms with E-state index in [0.29, 0.717) is 12.4 Å².